The van der Waals surface area contributed by atoms with E-state index in [9.17, 15) is 0 Å². The quantitative estimate of drug-likeness (QED) is 0.833. The lowest BCUT2D eigenvalue weighted by Gasteiger charge is -2.30. The van der Waals surface area contributed by atoms with Crippen molar-refractivity contribution in [3.63, 3.8) is 0 Å². The minimum Gasteiger partial charge on any atom is -0.311 e. The molecule has 0 radical (unpaired) electrons. The number of piperidine rings is 1. The van der Waals surface area contributed by atoms with Crippen molar-refractivity contribution >= 4 is 15.9 Å². The summed E-state index contributed by atoms with van der Waals surface area (Å²) in [6.07, 6.45) is 9.13. The molecular weight excluding hydrogens is 242 g/mol. The smallest absolute Gasteiger partial charge is 0.0632 e. The van der Waals surface area contributed by atoms with Gasteiger partial charge in [-0.2, -0.15) is 5.10 Å². The Morgan fingerprint density at radius 1 is 1.57 bits per heavy atom. The van der Waals surface area contributed by atoms with Gasteiger partial charge in [0, 0.05) is 11.7 Å². The van der Waals surface area contributed by atoms with Crippen LogP contribution in [0.3, 0.4) is 0 Å². The van der Waals surface area contributed by atoms with Gasteiger partial charge in [-0.05, 0) is 48.2 Å². The van der Waals surface area contributed by atoms with E-state index in [1.54, 1.807) is 0 Å². The predicted molar refractivity (Wildman–Crippen MR) is 58.2 cm³/mol. The third-order valence-corrected chi connectivity index (χ3v) is 3.81. The summed E-state index contributed by atoms with van der Waals surface area (Å²) in [5, 5.41) is 8.00. The molecule has 3 rings (SSSR count). The molecule has 0 bridgehead atoms. The first-order chi connectivity index (χ1) is 6.77. The summed E-state index contributed by atoms with van der Waals surface area (Å²) in [6.45, 7) is 1.14. The first-order valence-electron chi connectivity index (χ1n) is 5.22. The first kappa shape index (κ1) is 8.92. The van der Waals surface area contributed by atoms with Crippen molar-refractivity contribution in [2.45, 2.75) is 37.3 Å². The Balaban J connectivity index is 1.78. The molecule has 1 aromatic rings. The minimum atomic E-state index is 0.487. The van der Waals surface area contributed by atoms with Crippen LogP contribution in [-0.4, -0.2) is 21.9 Å². The van der Waals surface area contributed by atoms with Gasteiger partial charge in [0.05, 0.1) is 16.7 Å². The summed E-state index contributed by atoms with van der Waals surface area (Å²) in [5.74, 6) is 0. The second-order valence-corrected chi connectivity index (χ2v) is 5.41. The lowest BCUT2D eigenvalue weighted by atomic mass is 9.98. The Morgan fingerprint density at radius 3 is 3.07 bits per heavy atom. The van der Waals surface area contributed by atoms with Gasteiger partial charge in [-0.15, -0.1) is 0 Å². The van der Waals surface area contributed by atoms with Gasteiger partial charge in [-0.1, -0.05) is 0 Å². The summed E-state index contributed by atoms with van der Waals surface area (Å²) in [6, 6.07) is 0.602. The molecule has 4 heteroatoms. The molecule has 76 valence electrons. The van der Waals surface area contributed by atoms with Gasteiger partial charge in [-0.25, -0.2) is 0 Å². The predicted octanol–water partition coefficient (Wildman–Crippen LogP) is 2.10. The Labute approximate surface area is 92.0 Å². The summed E-state index contributed by atoms with van der Waals surface area (Å²) in [5.41, 5.74) is 0.487. The third-order valence-electron chi connectivity index (χ3n) is 3.40. The average molecular weight is 256 g/mol. The van der Waals surface area contributed by atoms with Crippen molar-refractivity contribution < 1.29 is 0 Å². The van der Waals surface area contributed by atoms with Crippen molar-refractivity contribution in [2.24, 2.45) is 0 Å². The number of rotatable bonds is 1. The molecule has 1 unspecified atom stereocenters. The van der Waals surface area contributed by atoms with Gasteiger partial charge in [0.1, 0.15) is 0 Å². The maximum atomic E-state index is 4.37. The van der Waals surface area contributed by atoms with Crippen LogP contribution in [0.2, 0.25) is 0 Å². The van der Waals surface area contributed by atoms with E-state index in [-0.39, 0.29) is 0 Å². The van der Waals surface area contributed by atoms with Crippen LogP contribution >= 0.6 is 15.9 Å². The van der Waals surface area contributed by atoms with Crippen molar-refractivity contribution in [1.29, 1.82) is 0 Å². The van der Waals surface area contributed by atoms with E-state index in [0.717, 1.165) is 11.0 Å². The highest BCUT2D eigenvalue weighted by molar-refractivity contribution is 9.10. The second kappa shape index (κ2) is 3.07. The molecular formula is C10H14BrN3. The molecule has 0 aromatic carbocycles. The molecule has 1 atom stereocenters. The molecule has 1 aromatic heterocycles. The summed E-state index contributed by atoms with van der Waals surface area (Å²) < 4.78 is 3.20. The van der Waals surface area contributed by atoms with Crippen molar-refractivity contribution in [2.75, 3.05) is 6.54 Å². The van der Waals surface area contributed by atoms with Crippen molar-refractivity contribution in [3.8, 4) is 0 Å². The highest BCUT2D eigenvalue weighted by Crippen LogP contribution is 2.45. The Bertz CT molecular complexity index is 343. The van der Waals surface area contributed by atoms with Gasteiger partial charge in [0.2, 0.25) is 0 Å². The number of nitrogens with one attached hydrogen (secondary N) is 1. The largest absolute Gasteiger partial charge is 0.311 e. The van der Waals surface area contributed by atoms with Crippen LogP contribution in [0.15, 0.2) is 16.9 Å². The van der Waals surface area contributed by atoms with Crippen LogP contribution in [0, 0.1) is 0 Å². The fourth-order valence-electron chi connectivity index (χ4n) is 2.40. The van der Waals surface area contributed by atoms with E-state index >= 15 is 0 Å². The van der Waals surface area contributed by atoms with E-state index in [0.29, 0.717) is 11.6 Å². The lowest BCUT2D eigenvalue weighted by Crippen LogP contribution is -2.40. The van der Waals surface area contributed by atoms with Gasteiger partial charge in [0.15, 0.2) is 0 Å². The molecule has 1 N–H and O–H groups in total. The van der Waals surface area contributed by atoms with Gasteiger partial charge in [-0.3, -0.25) is 4.68 Å². The number of aromatic nitrogens is 2. The molecule has 3 nitrogen and oxygen atoms in total. The zero-order valence-corrected chi connectivity index (χ0v) is 9.63. The maximum Gasteiger partial charge on any atom is 0.0632 e. The molecule has 14 heavy (non-hydrogen) atoms. The SMILES string of the molecule is Brc1cnn(C2CCNC3(CC3)C2)c1. The van der Waals surface area contributed by atoms with Crippen molar-refractivity contribution in [1.82, 2.24) is 15.1 Å². The molecule has 2 aliphatic rings. The zero-order chi connectivity index (χ0) is 9.60. The van der Waals surface area contributed by atoms with Crippen LogP contribution in [0.1, 0.15) is 31.7 Å². The standard InChI is InChI=1S/C10H14BrN3/c11-8-6-13-14(7-8)9-1-4-12-10(5-9)2-3-10/h6-7,9,12H,1-5H2. The van der Waals surface area contributed by atoms with Crippen LogP contribution in [0.25, 0.3) is 0 Å². The fourth-order valence-corrected chi connectivity index (χ4v) is 2.70. The monoisotopic (exact) mass is 255 g/mol. The molecule has 1 spiro atoms. The minimum absolute atomic E-state index is 0.487. The van der Waals surface area contributed by atoms with Crippen LogP contribution in [0.4, 0.5) is 0 Å². The Hall–Kier alpha value is -0.350. The number of halogens is 1. The van der Waals surface area contributed by atoms with E-state index < -0.39 is 0 Å². The molecule has 0 amide bonds. The highest BCUT2D eigenvalue weighted by Gasteiger charge is 2.46. The van der Waals surface area contributed by atoms with E-state index in [2.05, 4.69) is 37.2 Å². The van der Waals surface area contributed by atoms with Gasteiger partial charge >= 0.3 is 0 Å². The average Bonchev–Trinajstić information content (AvgIpc) is 2.78. The van der Waals surface area contributed by atoms with Gasteiger partial charge in [0.25, 0.3) is 0 Å². The maximum absolute atomic E-state index is 4.37. The van der Waals surface area contributed by atoms with Crippen LogP contribution in [-0.2, 0) is 0 Å². The molecule has 1 aliphatic heterocycles. The second-order valence-electron chi connectivity index (χ2n) is 4.49. The molecule has 1 saturated heterocycles. The summed E-state index contributed by atoms with van der Waals surface area (Å²) in [4.78, 5) is 0. The summed E-state index contributed by atoms with van der Waals surface area (Å²) >= 11 is 3.44. The van der Waals surface area contributed by atoms with E-state index in [4.69, 9.17) is 0 Å². The molecule has 1 aliphatic carbocycles. The first-order valence-corrected chi connectivity index (χ1v) is 6.01. The topological polar surface area (TPSA) is 29.9 Å². The van der Waals surface area contributed by atoms with Crippen LogP contribution in [0.5, 0.6) is 0 Å². The number of hydrogen-bond donors (Lipinski definition) is 1. The third kappa shape index (κ3) is 1.50. The van der Waals surface area contributed by atoms with E-state index in [1.807, 2.05) is 6.20 Å². The lowest BCUT2D eigenvalue weighted by molar-refractivity contribution is 0.270. The molecule has 2 heterocycles. The van der Waals surface area contributed by atoms with Crippen molar-refractivity contribution in [3.05, 3.63) is 16.9 Å². The number of hydrogen-bond acceptors (Lipinski definition) is 2. The molecule has 1 saturated carbocycles. The summed E-state index contributed by atoms with van der Waals surface area (Å²) in [7, 11) is 0. The zero-order valence-electron chi connectivity index (χ0n) is 8.04. The molecule has 2 fully saturated rings. The Morgan fingerprint density at radius 2 is 2.43 bits per heavy atom. The fraction of sp³-hybridized carbons (Fsp3) is 0.700. The Kier molecular flexibility index (Phi) is 1.96. The number of nitrogens with zero attached hydrogens (tertiary/aromatic N) is 2. The van der Waals surface area contributed by atoms with Crippen LogP contribution < -0.4 is 5.32 Å². The van der Waals surface area contributed by atoms with Gasteiger partial charge < -0.3 is 5.32 Å². The normalized spacial score (nSPS) is 29.4. The van der Waals surface area contributed by atoms with E-state index in [1.165, 1.54) is 25.7 Å². The highest BCUT2D eigenvalue weighted by atomic mass is 79.9.